The number of rotatable bonds is 8. The molecule has 3 N–H and O–H groups in total. The average Bonchev–Trinajstić information content (AvgIpc) is 3.05. The Morgan fingerprint density at radius 1 is 1.19 bits per heavy atom. The fourth-order valence-corrected chi connectivity index (χ4v) is 2.09. The van der Waals surface area contributed by atoms with E-state index in [1.807, 2.05) is 6.92 Å². The molecule has 0 aromatic carbocycles. The Bertz CT molecular complexity index is 325. The van der Waals surface area contributed by atoms with Crippen LogP contribution in [0.15, 0.2) is 0 Å². The van der Waals surface area contributed by atoms with E-state index in [2.05, 4.69) is 14.8 Å². The van der Waals surface area contributed by atoms with Crippen molar-refractivity contribution >= 4 is 16.1 Å². The highest BCUT2D eigenvalue weighted by molar-refractivity contribution is 7.87. The molecule has 0 saturated heterocycles. The van der Waals surface area contributed by atoms with Crippen molar-refractivity contribution in [3.05, 3.63) is 0 Å². The third-order valence-electron chi connectivity index (χ3n) is 2.21. The Hall–Kier alpha value is -0.660. The van der Waals surface area contributed by atoms with Crippen LogP contribution in [0.2, 0.25) is 0 Å². The zero-order valence-electron chi connectivity index (χ0n) is 9.45. The minimum atomic E-state index is -3.40. The highest BCUT2D eigenvalue weighted by Crippen LogP contribution is 2.28. The average molecular weight is 249 g/mol. The van der Waals surface area contributed by atoms with Crippen LogP contribution in [-0.4, -0.2) is 34.0 Å². The van der Waals surface area contributed by atoms with E-state index < -0.39 is 10.2 Å². The first kappa shape index (κ1) is 13.4. The molecule has 0 unspecified atom stereocenters. The summed E-state index contributed by atoms with van der Waals surface area (Å²) in [5, 5.41) is 2.68. The summed E-state index contributed by atoms with van der Waals surface area (Å²) in [6.07, 6.45) is 2.66. The van der Waals surface area contributed by atoms with Crippen molar-refractivity contribution in [2.45, 2.75) is 26.2 Å². The number of hydrogen-bond acceptors (Lipinski definition) is 3. The second kappa shape index (κ2) is 6.17. The third-order valence-corrected chi connectivity index (χ3v) is 3.37. The summed E-state index contributed by atoms with van der Waals surface area (Å²) in [5.74, 6) is 0.190. The lowest BCUT2D eigenvalue weighted by atomic mass is 10.4. The first-order valence-corrected chi connectivity index (χ1v) is 7.05. The van der Waals surface area contributed by atoms with Crippen LogP contribution in [0.3, 0.4) is 0 Å². The molecule has 0 bridgehead atoms. The van der Waals surface area contributed by atoms with Crippen molar-refractivity contribution in [1.82, 2.24) is 14.8 Å². The normalized spacial score (nSPS) is 16.1. The molecule has 0 atom stereocenters. The van der Waals surface area contributed by atoms with E-state index in [0.717, 1.165) is 19.3 Å². The summed E-state index contributed by atoms with van der Waals surface area (Å²) in [5.41, 5.74) is 0. The molecule has 1 aliphatic rings. The number of nitrogens with one attached hydrogen (secondary N) is 3. The molecule has 94 valence electrons. The zero-order valence-corrected chi connectivity index (χ0v) is 10.3. The van der Waals surface area contributed by atoms with Crippen LogP contribution in [0.1, 0.15) is 26.2 Å². The summed E-state index contributed by atoms with van der Waals surface area (Å²) >= 11 is 0. The van der Waals surface area contributed by atoms with Gasteiger partial charge in [-0.3, -0.25) is 4.79 Å². The lowest BCUT2D eigenvalue weighted by molar-refractivity contribution is -0.122. The van der Waals surface area contributed by atoms with Crippen molar-refractivity contribution in [1.29, 1.82) is 0 Å². The molecule has 0 aromatic rings. The first-order chi connectivity index (χ1) is 7.55. The van der Waals surface area contributed by atoms with Gasteiger partial charge in [0.15, 0.2) is 0 Å². The molecule has 1 aliphatic carbocycles. The summed E-state index contributed by atoms with van der Waals surface area (Å²) in [6.45, 7) is 2.86. The molecular formula is C9H19N3O3S. The maximum Gasteiger partial charge on any atom is 0.276 e. The van der Waals surface area contributed by atoms with Crippen LogP contribution in [0, 0.1) is 5.92 Å². The molecule has 0 heterocycles. The molecule has 0 spiro atoms. The second-order valence-corrected chi connectivity index (χ2v) is 5.44. The van der Waals surface area contributed by atoms with Crippen molar-refractivity contribution in [3.8, 4) is 0 Å². The molecule has 0 aliphatic heterocycles. The molecule has 7 heteroatoms. The van der Waals surface area contributed by atoms with Gasteiger partial charge in [-0.2, -0.15) is 8.42 Å². The first-order valence-electron chi connectivity index (χ1n) is 5.57. The van der Waals surface area contributed by atoms with Crippen LogP contribution < -0.4 is 14.8 Å². The van der Waals surface area contributed by atoms with Crippen LogP contribution in [0.5, 0.6) is 0 Å². The Labute approximate surface area is 96.4 Å². The van der Waals surface area contributed by atoms with Crippen LogP contribution in [0.25, 0.3) is 0 Å². The lowest BCUT2D eigenvalue weighted by Crippen LogP contribution is -2.41. The molecule has 6 nitrogen and oxygen atoms in total. The Balaban J connectivity index is 2.07. The Morgan fingerprint density at radius 3 is 2.38 bits per heavy atom. The van der Waals surface area contributed by atoms with Gasteiger partial charge in [-0.1, -0.05) is 6.92 Å². The molecule has 1 fully saturated rings. The van der Waals surface area contributed by atoms with Gasteiger partial charge in [0.25, 0.3) is 10.2 Å². The lowest BCUT2D eigenvalue weighted by Gasteiger charge is -2.08. The maximum atomic E-state index is 11.2. The topological polar surface area (TPSA) is 87.3 Å². The Kier molecular flexibility index (Phi) is 5.17. The van der Waals surface area contributed by atoms with Crippen LogP contribution in [0.4, 0.5) is 0 Å². The fourth-order valence-electron chi connectivity index (χ4n) is 1.15. The highest BCUT2D eigenvalue weighted by atomic mass is 32.2. The van der Waals surface area contributed by atoms with Crippen molar-refractivity contribution in [3.63, 3.8) is 0 Å². The predicted molar refractivity (Wildman–Crippen MR) is 60.9 cm³/mol. The number of carbonyl (C=O) groups excluding carboxylic acids is 1. The minimum Gasteiger partial charge on any atom is -0.355 e. The van der Waals surface area contributed by atoms with E-state index in [1.54, 1.807) is 0 Å². The van der Waals surface area contributed by atoms with E-state index in [4.69, 9.17) is 0 Å². The van der Waals surface area contributed by atoms with Crippen molar-refractivity contribution < 1.29 is 13.2 Å². The minimum absolute atomic E-state index is 0.0284. The maximum absolute atomic E-state index is 11.2. The fraction of sp³-hybridized carbons (Fsp3) is 0.889. The molecule has 1 rings (SSSR count). The van der Waals surface area contributed by atoms with E-state index in [9.17, 15) is 13.2 Å². The van der Waals surface area contributed by atoms with Crippen LogP contribution in [-0.2, 0) is 15.0 Å². The van der Waals surface area contributed by atoms with Gasteiger partial charge in [-0.25, -0.2) is 9.44 Å². The second-order valence-electron chi connectivity index (χ2n) is 3.86. The molecule has 16 heavy (non-hydrogen) atoms. The smallest absolute Gasteiger partial charge is 0.276 e. The van der Waals surface area contributed by atoms with E-state index in [0.29, 0.717) is 13.1 Å². The monoisotopic (exact) mass is 249 g/mol. The SMILES string of the molecule is CCCNS(=O)(=O)NCCNC(=O)C1CC1. The quantitative estimate of drug-likeness (QED) is 0.499. The molecule has 0 radical (unpaired) electrons. The van der Waals surface area contributed by atoms with E-state index in [1.165, 1.54) is 0 Å². The third kappa shape index (κ3) is 5.43. The number of carbonyl (C=O) groups is 1. The summed E-state index contributed by atoms with van der Waals surface area (Å²) in [4.78, 5) is 11.2. The number of hydrogen-bond donors (Lipinski definition) is 3. The summed E-state index contributed by atoms with van der Waals surface area (Å²) in [6, 6.07) is 0. The van der Waals surface area contributed by atoms with Gasteiger partial charge in [-0.05, 0) is 19.3 Å². The standard InChI is InChI=1S/C9H19N3O3S/c1-2-5-11-16(14,15)12-7-6-10-9(13)8-3-4-8/h8,11-12H,2-7H2,1H3,(H,10,13). The van der Waals surface area contributed by atoms with E-state index in [-0.39, 0.29) is 18.4 Å². The highest BCUT2D eigenvalue weighted by Gasteiger charge is 2.29. The largest absolute Gasteiger partial charge is 0.355 e. The van der Waals surface area contributed by atoms with Gasteiger partial charge >= 0.3 is 0 Å². The molecule has 1 amide bonds. The summed E-state index contributed by atoms with van der Waals surface area (Å²) in [7, 11) is -3.40. The molecule has 1 saturated carbocycles. The van der Waals surface area contributed by atoms with Gasteiger partial charge in [0.05, 0.1) is 0 Å². The van der Waals surface area contributed by atoms with Gasteiger partial charge in [0.2, 0.25) is 5.91 Å². The van der Waals surface area contributed by atoms with Gasteiger partial charge in [0.1, 0.15) is 0 Å². The summed E-state index contributed by atoms with van der Waals surface area (Å²) < 4.78 is 27.2. The molecule has 0 aromatic heterocycles. The predicted octanol–water partition coefficient (Wildman–Crippen LogP) is -0.653. The van der Waals surface area contributed by atoms with Gasteiger partial charge in [0, 0.05) is 25.6 Å². The van der Waals surface area contributed by atoms with Crippen molar-refractivity contribution in [2.24, 2.45) is 5.92 Å². The van der Waals surface area contributed by atoms with E-state index >= 15 is 0 Å². The van der Waals surface area contributed by atoms with Gasteiger partial charge in [-0.15, -0.1) is 0 Å². The van der Waals surface area contributed by atoms with Gasteiger partial charge < -0.3 is 5.32 Å². The zero-order chi connectivity index (χ0) is 12.0. The number of amides is 1. The Morgan fingerprint density at radius 2 is 1.81 bits per heavy atom. The van der Waals surface area contributed by atoms with Crippen molar-refractivity contribution in [2.75, 3.05) is 19.6 Å². The molecular weight excluding hydrogens is 230 g/mol. The van der Waals surface area contributed by atoms with Crippen LogP contribution >= 0.6 is 0 Å².